The van der Waals surface area contributed by atoms with E-state index in [1.54, 1.807) is 25.1 Å². The van der Waals surface area contributed by atoms with E-state index in [2.05, 4.69) is 206 Å². The van der Waals surface area contributed by atoms with Gasteiger partial charge in [0, 0.05) is 71.3 Å². The lowest BCUT2D eigenvalue weighted by molar-refractivity contribution is 0.704. The Balaban J connectivity index is 1.29. The Labute approximate surface area is 478 Å². The molecule has 83 heavy (non-hydrogen) atoms. The third kappa shape index (κ3) is 7.49. The van der Waals surface area contributed by atoms with Crippen LogP contribution in [0.25, 0.3) is 121 Å². The second-order valence-electron chi connectivity index (χ2n) is 21.0. The van der Waals surface area contributed by atoms with Crippen molar-refractivity contribution in [1.29, 1.82) is 21.0 Å². The molecular formula is C75H48N8. The molecular weight excluding hydrogens is 1010 g/mol. The van der Waals surface area contributed by atoms with Gasteiger partial charge < -0.3 is 18.3 Å². The Morgan fingerprint density at radius 3 is 1.20 bits per heavy atom. The van der Waals surface area contributed by atoms with Crippen LogP contribution in [-0.2, 0) is 0 Å². The van der Waals surface area contributed by atoms with Crippen LogP contribution in [-0.4, -0.2) is 18.3 Å². The van der Waals surface area contributed by atoms with Gasteiger partial charge in [-0.15, -0.1) is 0 Å². The quantitative estimate of drug-likeness (QED) is 0.0771. The Kier molecular flexibility index (Phi) is 11.7. The summed E-state index contributed by atoms with van der Waals surface area (Å²) >= 11 is 0. The van der Waals surface area contributed by atoms with E-state index in [-0.39, 0.29) is 5.57 Å². The van der Waals surface area contributed by atoms with Crippen molar-refractivity contribution in [2.75, 3.05) is 0 Å². The van der Waals surface area contributed by atoms with Crippen molar-refractivity contribution in [2.45, 2.75) is 13.8 Å². The van der Waals surface area contributed by atoms with E-state index in [0.717, 1.165) is 98.6 Å². The molecule has 8 nitrogen and oxygen atoms in total. The number of rotatable bonds is 10. The number of nitrogens with zero attached hydrogens (tertiary/aromatic N) is 8. The van der Waals surface area contributed by atoms with Crippen LogP contribution in [0.4, 0.5) is 0 Å². The Morgan fingerprint density at radius 1 is 0.410 bits per heavy atom. The van der Waals surface area contributed by atoms with Crippen LogP contribution in [0.1, 0.15) is 36.1 Å². The lowest BCUT2D eigenvalue weighted by atomic mass is 9.77. The minimum absolute atomic E-state index is 0.173. The van der Waals surface area contributed by atoms with E-state index >= 15 is 0 Å². The average molecular weight is 1060 g/mol. The fraction of sp³-hybridized carbons (Fsp3) is 0.0400. The summed E-state index contributed by atoms with van der Waals surface area (Å²) in [6, 6.07) is 88.2. The van der Waals surface area contributed by atoms with Crippen LogP contribution in [0.15, 0.2) is 255 Å². The van der Waals surface area contributed by atoms with Crippen LogP contribution < -0.4 is 0 Å². The number of nitriles is 4. The zero-order valence-corrected chi connectivity index (χ0v) is 45.4. The fourth-order valence-corrected chi connectivity index (χ4v) is 12.9. The van der Waals surface area contributed by atoms with E-state index in [1.807, 2.05) is 67.6 Å². The van der Waals surface area contributed by atoms with Crippen LogP contribution >= 0.6 is 0 Å². The molecule has 14 aromatic rings. The number of benzene rings is 10. The molecule has 8 heteroatoms. The summed E-state index contributed by atoms with van der Waals surface area (Å²) in [5.74, 6) is 0. The van der Waals surface area contributed by atoms with Gasteiger partial charge >= 0.3 is 0 Å². The molecule has 0 saturated carbocycles. The molecule has 0 bridgehead atoms. The van der Waals surface area contributed by atoms with Crippen molar-refractivity contribution in [1.82, 2.24) is 18.3 Å². The highest BCUT2D eigenvalue weighted by Crippen LogP contribution is 2.52. The van der Waals surface area contributed by atoms with Gasteiger partial charge in [-0.05, 0) is 97.8 Å². The van der Waals surface area contributed by atoms with E-state index < -0.39 is 5.41 Å². The third-order valence-corrected chi connectivity index (χ3v) is 16.4. The topological polar surface area (TPSA) is 115 Å². The van der Waals surface area contributed by atoms with Crippen molar-refractivity contribution >= 4 is 110 Å². The monoisotopic (exact) mass is 1060 g/mol. The first-order chi connectivity index (χ1) is 40.8. The number of hydrogen-bond donors (Lipinski definition) is 0. The van der Waals surface area contributed by atoms with E-state index in [9.17, 15) is 21.0 Å². The zero-order valence-electron chi connectivity index (χ0n) is 45.4. The Hall–Kier alpha value is -11.7. The minimum atomic E-state index is -1.50. The zero-order chi connectivity index (χ0) is 56.5. The molecule has 1 atom stereocenters. The highest BCUT2D eigenvalue weighted by molar-refractivity contribution is 6.31. The van der Waals surface area contributed by atoms with Gasteiger partial charge in [0.05, 0.1) is 90.8 Å². The van der Waals surface area contributed by atoms with Gasteiger partial charge in [0.1, 0.15) is 5.41 Å². The molecule has 0 fully saturated rings. The van der Waals surface area contributed by atoms with Gasteiger partial charge in [-0.1, -0.05) is 176 Å². The summed E-state index contributed by atoms with van der Waals surface area (Å²) in [6.45, 7) is 8.97. The van der Waals surface area contributed by atoms with Crippen LogP contribution in [0.5, 0.6) is 0 Å². The largest absolute Gasteiger partial charge is 0.307 e. The highest BCUT2D eigenvalue weighted by Gasteiger charge is 2.36. The number of allylic oxidation sites excluding steroid dienone is 7. The van der Waals surface area contributed by atoms with Crippen molar-refractivity contribution in [3.05, 3.63) is 277 Å². The summed E-state index contributed by atoms with van der Waals surface area (Å²) in [6.07, 6.45) is 3.60. The fourth-order valence-electron chi connectivity index (χ4n) is 12.9. The SMILES string of the molecule is C=C(/C(=C(\C(=C(\C#N)C(C)(C#N)/C=C\C)c1ccc(C#N)cc1)n1c2ccccc2c2ccc3c4ccccc4n(-c4ccccc4)c3c21)c1ccc(C#N)cc1)n1c2ccccc2c2ccc3c4ccccc4n(-c4ccccc4)c3c21. The average Bonchev–Trinajstić information content (AvgIpc) is 1.79. The van der Waals surface area contributed by atoms with Crippen molar-refractivity contribution in [3.8, 4) is 35.7 Å². The molecule has 0 radical (unpaired) electrons. The highest BCUT2D eigenvalue weighted by atomic mass is 15.1. The molecule has 14 rings (SSSR count). The maximum atomic E-state index is 12.2. The summed E-state index contributed by atoms with van der Waals surface area (Å²) in [7, 11) is 0. The van der Waals surface area contributed by atoms with Crippen LogP contribution in [0.2, 0.25) is 0 Å². The first-order valence-electron chi connectivity index (χ1n) is 27.5. The van der Waals surface area contributed by atoms with Crippen molar-refractivity contribution < 1.29 is 0 Å². The summed E-state index contributed by atoms with van der Waals surface area (Å²) in [4.78, 5) is 0. The summed E-state index contributed by atoms with van der Waals surface area (Å²) in [5, 5.41) is 52.8. The number of aromatic nitrogens is 4. The Bertz CT molecular complexity index is 5320. The standard InChI is InChI=1S/C75H48N8/c1-4-43-75(3,47-79)63(46-78)69(52-37-33-50(45-77)34-38-52)74(83-67-30-18-14-26-58(67)62-42-41-61-57-25-13-17-29-66(57)82(72(61)73(62)83)54-21-9-6-10-22-54)68(51-35-31-49(44-76)32-36-51)48(2)80-64-27-15-11-23-55(64)59-39-40-60-56-24-12-16-28-65(56)81(71(60)70(59)80)53-19-7-5-8-20-53/h4-43H,2H2,1,3H3/b43-4-,69-63-,74-68-. The smallest absolute Gasteiger partial charge is 0.108 e. The molecule has 4 heterocycles. The van der Waals surface area contributed by atoms with Gasteiger partial charge in [0.2, 0.25) is 0 Å². The van der Waals surface area contributed by atoms with Crippen molar-refractivity contribution in [2.24, 2.45) is 5.41 Å². The molecule has 0 aliphatic carbocycles. The predicted octanol–water partition coefficient (Wildman–Crippen LogP) is 18.5. The maximum absolute atomic E-state index is 12.2. The maximum Gasteiger partial charge on any atom is 0.108 e. The van der Waals surface area contributed by atoms with E-state index in [4.69, 9.17) is 6.58 Å². The Morgan fingerprint density at radius 2 is 0.783 bits per heavy atom. The number of hydrogen-bond acceptors (Lipinski definition) is 4. The van der Waals surface area contributed by atoms with Crippen LogP contribution in [0.3, 0.4) is 0 Å². The molecule has 4 aromatic heterocycles. The van der Waals surface area contributed by atoms with Gasteiger partial charge in [-0.25, -0.2) is 0 Å². The second kappa shape index (κ2) is 19.6. The number of fused-ring (bicyclic) bond motifs is 14. The lowest BCUT2D eigenvalue weighted by Gasteiger charge is -2.28. The molecule has 0 saturated heterocycles. The summed E-state index contributed by atoms with van der Waals surface area (Å²) in [5.41, 5.74) is 12.4. The molecule has 0 N–H and O–H groups in total. The van der Waals surface area contributed by atoms with Gasteiger partial charge in [0.15, 0.2) is 0 Å². The number of para-hydroxylation sites is 6. The molecule has 0 amide bonds. The first-order valence-corrected chi connectivity index (χ1v) is 27.5. The third-order valence-electron chi connectivity index (χ3n) is 16.4. The molecule has 0 spiro atoms. The normalized spacial score (nSPS) is 13.1. The van der Waals surface area contributed by atoms with E-state index in [0.29, 0.717) is 44.8 Å². The lowest BCUT2D eigenvalue weighted by Crippen LogP contribution is -2.18. The molecule has 0 aliphatic heterocycles. The minimum Gasteiger partial charge on any atom is -0.307 e. The van der Waals surface area contributed by atoms with Gasteiger partial charge in [-0.2, -0.15) is 21.0 Å². The van der Waals surface area contributed by atoms with E-state index in [1.165, 1.54) is 0 Å². The van der Waals surface area contributed by atoms with Crippen molar-refractivity contribution in [3.63, 3.8) is 0 Å². The van der Waals surface area contributed by atoms with Gasteiger partial charge in [-0.3, -0.25) is 0 Å². The first kappa shape index (κ1) is 49.6. The van der Waals surface area contributed by atoms with Gasteiger partial charge in [0.25, 0.3) is 0 Å². The molecule has 0 aliphatic rings. The molecule has 388 valence electrons. The predicted molar refractivity (Wildman–Crippen MR) is 339 cm³/mol. The van der Waals surface area contributed by atoms with Crippen LogP contribution in [0, 0.1) is 50.7 Å². The molecule has 10 aromatic carbocycles. The summed E-state index contributed by atoms with van der Waals surface area (Å²) < 4.78 is 9.25. The molecule has 1 unspecified atom stereocenters. The second-order valence-corrected chi connectivity index (χ2v) is 21.0.